The third-order valence-electron chi connectivity index (χ3n) is 9.44. The molecule has 0 radical (unpaired) electrons. The Balaban J connectivity index is 1.40. The maximum atomic E-state index is 6.73. The molecule has 0 N–H and O–H groups in total. The number of hydrogen-bond donors (Lipinski definition) is 0. The Kier molecular flexibility index (Phi) is 6.38. The Labute approximate surface area is 272 Å². The van der Waals surface area contributed by atoms with Crippen LogP contribution in [-0.2, 0) is 10.8 Å². The van der Waals surface area contributed by atoms with E-state index in [1.54, 1.807) is 0 Å². The van der Waals surface area contributed by atoms with Crippen LogP contribution >= 0.6 is 0 Å². The van der Waals surface area contributed by atoms with Crippen molar-refractivity contribution in [3.05, 3.63) is 132 Å². The first-order valence-electron chi connectivity index (χ1n) is 16.2. The van der Waals surface area contributed by atoms with Crippen LogP contribution in [0.1, 0.15) is 52.7 Å². The summed E-state index contributed by atoms with van der Waals surface area (Å²) in [6.45, 7) is 13.7. The summed E-state index contributed by atoms with van der Waals surface area (Å²) in [5.41, 5.74) is 9.15. The van der Waals surface area contributed by atoms with E-state index >= 15 is 0 Å². The summed E-state index contributed by atoms with van der Waals surface area (Å²) in [5, 5.41) is 2.44. The van der Waals surface area contributed by atoms with Crippen LogP contribution in [0, 0.1) is 0 Å². The van der Waals surface area contributed by atoms with Crippen LogP contribution in [0.25, 0.3) is 10.8 Å². The van der Waals surface area contributed by atoms with Crippen molar-refractivity contribution in [2.45, 2.75) is 52.4 Å². The molecule has 0 spiro atoms. The SMILES string of the molecule is CC(C)(C)c1ccc(N(c2cc3c4c(c2)Oc2ccccc2B4c2ccccc2O3)c2cc3ccccc3cc2C(C)(C)C)cc1. The van der Waals surface area contributed by atoms with Crippen LogP contribution in [0.4, 0.5) is 17.1 Å². The normalized spacial score (nSPS) is 13.3. The first-order valence-corrected chi connectivity index (χ1v) is 16.2. The summed E-state index contributed by atoms with van der Waals surface area (Å²) in [6.07, 6.45) is 0. The lowest BCUT2D eigenvalue weighted by Gasteiger charge is -2.36. The average molecular weight is 600 g/mol. The maximum Gasteiger partial charge on any atom is 0.260 e. The minimum atomic E-state index is -0.110. The lowest BCUT2D eigenvalue weighted by atomic mass is 9.35. The van der Waals surface area contributed by atoms with Crippen molar-refractivity contribution in [3.8, 4) is 23.0 Å². The number of para-hydroxylation sites is 2. The van der Waals surface area contributed by atoms with Gasteiger partial charge in [0.25, 0.3) is 6.71 Å². The molecule has 8 rings (SSSR count). The van der Waals surface area contributed by atoms with E-state index in [0.717, 1.165) is 45.5 Å². The third-order valence-corrected chi connectivity index (χ3v) is 9.44. The van der Waals surface area contributed by atoms with Crippen LogP contribution in [0.5, 0.6) is 23.0 Å². The van der Waals surface area contributed by atoms with Gasteiger partial charge in [0.05, 0.1) is 11.4 Å². The van der Waals surface area contributed by atoms with E-state index in [4.69, 9.17) is 9.47 Å². The summed E-state index contributed by atoms with van der Waals surface area (Å²) in [4.78, 5) is 2.39. The topological polar surface area (TPSA) is 21.7 Å². The molecule has 0 saturated heterocycles. The van der Waals surface area contributed by atoms with Gasteiger partial charge in [0.1, 0.15) is 23.0 Å². The fourth-order valence-electron chi connectivity index (χ4n) is 7.06. The highest BCUT2D eigenvalue weighted by Crippen LogP contribution is 2.46. The summed E-state index contributed by atoms with van der Waals surface area (Å²) >= 11 is 0. The molecule has 0 saturated carbocycles. The molecule has 2 heterocycles. The van der Waals surface area contributed by atoms with Crippen LogP contribution in [0.15, 0.2) is 121 Å². The number of benzene rings is 6. The zero-order chi connectivity index (χ0) is 31.8. The maximum absolute atomic E-state index is 6.73. The minimum absolute atomic E-state index is 0.0410. The molecule has 2 aliphatic heterocycles. The van der Waals surface area contributed by atoms with Crippen molar-refractivity contribution in [3.63, 3.8) is 0 Å². The van der Waals surface area contributed by atoms with E-state index in [0.29, 0.717) is 0 Å². The molecule has 0 fully saturated rings. The predicted molar refractivity (Wildman–Crippen MR) is 194 cm³/mol. The van der Waals surface area contributed by atoms with Gasteiger partial charge in [-0.15, -0.1) is 0 Å². The van der Waals surface area contributed by atoms with Gasteiger partial charge in [-0.3, -0.25) is 0 Å². The lowest BCUT2D eigenvalue weighted by Crippen LogP contribution is -2.57. The van der Waals surface area contributed by atoms with Crippen molar-refractivity contribution in [2.75, 3.05) is 4.90 Å². The third kappa shape index (κ3) is 4.67. The average Bonchev–Trinajstić information content (AvgIpc) is 3.03. The molecule has 4 heteroatoms. The van der Waals surface area contributed by atoms with E-state index < -0.39 is 0 Å². The van der Waals surface area contributed by atoms with E-state index in [1.807, 2.05) is 12.1 Å². The number of anilines is 3. The Morgan fingerprint density at radius 2 is 1.02 bits per heavy atom. The lowest BCUT2D eigenvalue weighted by molar-refractivity contribution is 0.465. The largest absolute Gasteiger partial charge is 0.458 e. The fourth-order valence-corrected chi connectivity index (χ4v) is 7.06. The smallest absolute Gasteiger partial charge is 0.260 e. The van der Waals surface area contributed by atoms with Gasteiger partial charge in [0.15, 0.2) is 0 Å². The van der Waals surface area contributed by atoms with Crippen molar-refractivity contribution in [1.29, 1.82) is 0 Å². The van der Waals surface area contributed by atoms with Crippen molar-refractivity contribution >= 4 is 50.9 Å². The zero-order valence-electron chi connectivity index (χ0n) is 27.4. The number of nitrogens with zero attached hydrogens (tertiary/aromatic N) is 1. The molecule has 0 amide bonds. The summed E-state index contributed by atoms with van der Waals surface area (Å²) in [6, 6.07) is 43.6. The van der Waals surface area contributed by atoms with Gasteiger partial charge >= 0.3 is 0 Å². The van der Waals surface area contributed by atoms with Crippen molar-refractivity contribution in [2.24, 2.45) is 0 Å². The Hall–Kier alpha value is -4.96. The highest BCUT2D eigenvalue weighted by atomic mass is 16.5. The number of fused-ring (bicyclic) bond motifs is 5. The van der Waals surface area contributed by atoms with E-state index in [9.17, 15) is 0 Å². The number of rotatable bonds is 3. The Bertz CT molecular complexity index is 2070. The van der Waals surface area contributed by atoms with Crippen LogP contribution in [-0.4, -0.2) is 6.71 Å². The highest BCUT2D eigenvalue weighted by molar-refractivity contribution is 6.98. The quantitative estimate of drug-likeness (QED) is 0.189. The molecule has 0 aliphatic carbocycles. The molecule has 6 aromatic rings. The molecule has 0 bridgehead atoms. The zero-order valence-corrected chi connectivity index (χ0v) is 27.4. The number of hydrogen-bond acceptors (Lipinski definition) is 3. The summed E-state index contributed by atoms with van der Waals surface area (Å²) in [7, 11) is 0. The Morgan fingerprint density at radius 3 is 1.57 bits per heavy atom. The predicted octanol–water partition coefficient (Wildman–Crippen LogP) is 9.63. The van der Waals surface area contributed by atoms with Gasteiger partial charge in [-0.25, -0.2) is 0 Å². The second-order valence-electron chi connectivity index (χ2n) is 14.7. The molecule has 2 aliphatic rings. The molecule has 0 aromatic heterocycles. The highest BCUT2D eigenvalue weighted by Gasteiger charge is 2.40. The molecular weight excluding hydrogens is 561 g/mol. The standard InChI is InChI=1S/C42H38BNO2/c1-41(2,3)29-19-21-30(22-20-29)44(35-24-28-14-8-7-13-27(28)23-32(35)42(4,5)6)31-25-38-40-39(26-31)46-37-18-12-10-16-34(37)43(40)33-15-9-11-17-36(33)45-38/h7-26H,1-6H3. The summed E-state index contributed by atoms with van der Waals surface area (Å²) in [5.74, 6) is 3.45. The van der Waals surface area contributed by atoms with Crippen LogP contribution in [0.3, 0.4) is 0 Å². The summed E-state index contributed by atoms with van der Waals surface area (Å²) < 4.78 is 13.5. The van der Waals surface area contributed by atoms with Crippen molar-refractivity contribution in [1.82, 2.24) is 0 Å². The van der Waals surface area contributed by atoms with Gasteiger partial charge in [-0.1, -0.05) is 114 Å². The molecular formula is C42H38BNO2. The van der Waals surface area contributed by atoms with E-state index in [1.165, 1.54) is 32.8 Å². The monoisotopic (exact) mass is 599 g/mol. The van der Waals surface area contributed by atoms with E-state index in [2.05, 4.69) is 156 Å². The minimum Gasteiger partial charge on any atom is -0.458 e. The second-order valence-corrected chi connectivity index (χ2v) is 14.7. The molecule has 46 heavy (non-hydrogen) atoms. The van der Waals surface area contributed by atoms with Gasteiger partial charge in [0, 0.05) is 23.3 Å². The van der Waals surface area contributed by atoms with Crippen molar-refractivity contribution < 1.29 is 9.47 Å². The van der Waals surface area contributed by atoms with E-state index in [-0.39, 0.29) is 17.5 Å². The molecule has 226 valence electrons. The molecule has 0 unspecified atom stereocenters. The first-order chi connectivity index (χ1) is 22.1. The van der Waals surface area contributed by atoms with Crippen LogP contribution < -0.4 is 30.8 Å². The molecule has 0 atom stereocenters. The van der Waals surface area contributed by atoms with Gasteiger partial charge in [0.2, 0.25) is 0 Å². The van der Waals surface area contributed by atoms with Gasteiger partial charge in [-0.05, 0) is 80.1 Å². The molecule has 6 aromatic carbocycles. The second kappa shape index (κ2) is 10.3. The fraction of sp³-hybridized carbons (Fsp3) is 0.190. The number of ether oxygens (including phenoxy) is 2. The Morgan fingerprint density at radius 1 is 0.500 bits per heavy atom. The molecule has 3 nitrogen and oxygen atoms in total. The van der Waals surface area contributed by atoms with Crippen LogP contribution in [0.2, 0.25) is 0 Å². The van der Waals surface area contributed by atoms with Gasteiger partial charge in [-0.2, -0.15) is 0 Å². The first kappa shape index (κ1) is 28.5. The van der Waals surface area contributed by atoms with Gasteiger partial charge < -0.3 is 14.4 Å².